The molecule has 0 unspecified atom stereocenters. The Hall–Kier alpha value is -3.07. The van der Waals surface area contributed by atoms with Crippen molar-refractivity contribution in [3.05, 3.63) is 95.8 Å². The maximum atomic E-state index is 12.8. The minimum absolute atomic E-state index is 0.125. The second-order valence-electron chi connectivity index (χ2n) is 7.73. The molecule has 0 aliphatic carbocycles. The van der Waals surface area contributed by atoms with Gasteiger partial charge in [0.1, 0.15) is 0 Å². The predicted molar refractivity (Wildman–Crippen MR) is 122 cm³/mol. The third-order valence-corrected chi connectivity index (χ3v) is 7.42. The number of sulfonamides is 1. The molecule has 166 valence electrons. The van der Waals surface area contributed by atoms with Crippen LogP contribution in [0.25, 0.3) is 0 Å². The van der Waals surface area contributed by atoms with E-state index in [1.54, 1.807) is 41.0 Å². The quantitative estimate of drug-likeness (QED) is 0.598. The van der Waals surface area contributed by atoms with Gasteiger partial charge in [0.25, 0.3) is 5.91 Å². The third-order valence-electron chi connectivity index (χ3n) is 5.51. The van der Waals surface area contributed by atoms with E-state index in [0.29, 0.717) is 43.2 Å². The van der Waals surface area contributed by atoms with E-state index in [4.69, 9.17) is 0 Å². The molecule has 0 bridgehead atoms. The first-order valence-electron chi connectivity index (χ1n) is 10.6. The SMILES string of the molecule is O=C(NCc1cccnc1)c1ccc(CN2CCN(S(=O)(=O)c3ccccc3)CC2)cc1. The molecule has 8 heteroatoms. The molecular formula is C24H26N4O3S. The van der Waals surface area contributed by atoms with Crippen LogP contribution in [0, 0.1) is 0 Å². The maximum absolute atomic E-state index is 12.8. The molecule has 1 fully saturated rings. The molecule has 4 rings (SSSR count). The van der Waals surface area contributed by atoms with Crippen LogP contribution in [-0.2, 0) is 23.1 Å². The van der Waals surface area contributed by atoms with Crippen molar-refractivity contribution >= 4 is 15.9 Å². The summed E-state index contributed by atoms with van der Waals surface area (Å²) in [5.74, 6) is -0.125. The standard InChI is InChI=1S/C24H26N4O3S/c29-24(26-18-21-5-4-12-25-17-21)22-10-8-20(9-11-22)19-27-13-15-28(16-14-27)32(30,31)23-6-2-1-3-7-23/h1-12,17H,13-16,18-19H2,(H,26,29). The molecule has 0 saturated carbocycles. The first-order chi connectivity index (χ1) is 15.5. The Morgan fingerprint density at radius 1 is 0.875 bits per heavy atom. The summed E-state index contributed by atoms with van der Waals surface area (Å²) in [5, 5.41) is 2.90. The van der Waals surface area contributed by atoms with Gasteiger partial charge in [-0.3, -0.25) is 14.7 Å². The molecule has 7 nitrogen and oxygen atoms in total. The molecule has 1 amide bonds. The molecule has 0 spiro atoms. The van der Waals surface area contributed by atoms with Crippen LogP contribution >= 0.6 is 0 Å². The number of hydrogen-bond donors (Lipinski definition) is 1. The lowest BCUT2D eigenvalue weighted by Crippen LogP contribution is -2.48. The fraction of sp³-hybridized carbons (Fsp3) is 0.250. The number of aromatic nitrogens is 1. The zero-order valence-electron chi connectivity index (χ0n) is 17.7. The van der Waals surface area contributed by atoms with Gasteiger partial charge >= 0.3 is 0 Å². The topological polar surface area (TPSA) is 82.6 Å². The maximum Gasteiger partial charge on any atom is 0.251 e. The number of carbonyl (C=O) groups is 1. The lowest BCUT2D eigenvalue weighted by Gasteiger charge is -2.34. The van der Waals surface area contributed by atoms with E-state index in [2.05, 4.69) is 15.2 Å². The van der Waals surface area contributed by atoms with Gasteiger partial charge < -0.3 is 5.32 Å². The highest BCUT2D eigenvalue weighted by Gasteiger charge is 2.28. The summed E-state index contributed by atoms with van der Waals surface area (Å²) in [6.07, 6.45) is 3.43. The smallest absolute Gasteiger partial charge is 0.251 e. The molecule has 1 aliphatic rings. The highest BCUT2D eigenvalue weighted by Crippen LogP contribution is 2.18. The van der Waals surface area contributed by atoms with Crippen molar-refractivity contribution in [1.29, 1.82) is 0 Å². The van der Waals surface area contributed by atoms with Gasteiger partial charge in [-0.1, -0.05) is 36.4 Å². The zero-order chi connectivity index (χ0) is 22.4. The summed E-state index contributed by atoms with van der Waals surface area (Å²) in [7, 11) is -3.44. The first kappa shape index (κ1) is 22.1. The second kappa shape index (κ2) is 10.0. The van der Waals surface area contributed by atoms with Crippen LogP contribution in [0.4, 0.5) is 0 Å². The number of piperazine rings is 1. The number of hydrogen-bond acceptors (Lipinski definition) is 5. The van der Waals surface area contributed by atoms with Gasteiger partial charge in [-0.2, -0.15) is 4.31 Å². The number of carbonyl (C=O) groups excluding carboxylic acids is 1. The van der Waals surface area contributed by atoms with Crippen molar-refractivity contribution < 1.29 is 13.2 Å². The molecule has 32 heavy (non-hydrogen) atoms. The number of nitrogens with one attached hydrogen (secondary N) is 1. The van der Waals surface area contributed by atoms with Gasteiger partial charge in [0.15, 0.2) is 0 Å². The summed E-state index contributed by atoms with van der Waals surface area (Å²) in [5.41, 5.74) is 2.65. The van der Waals surface area contributed by atoms with E-state index in [1.807, 2.05) is 42.5 Å². The van der Waals surface area contributed by atoms with Crippen LogP contribution in [0.1, 0.15) is 21.5 Å². The Kier molecular flexibility index (Phi) is 6.94. The van der Waals surface area contributed by atoms with E-state index in [-0.39, 0.29) is 5.91 Å². The van der Waals surface area contributed by atoms with Crippen molar-refractivity contribution in [1.82, 2.24) is 19.5 Å². The highest BCUT2D eigenvalue weighted by molar-refractivity contribution is 7.89. The largest absolute Gasteiger partial charge is 0.348 e. The summed E-state index contributed by atoms with van der Waals surface area (Å²) in [6, 6.07) is 19.9. The van der Waals surface area contributed by atoms with Crippen LogP contribution in [-0.4, -0.2) is 54.7 Å². The van der Waals surface area contributed by atoms with Crippen molar-refractivity contribution in [2.75, 3.05) is 26.2 Å². The number of rotatable bonds is 7. The Bertz CT molecular complexity index is 1130. The number of amides is 1. The predicted octanol–water partition coefficient (Wildman–Crippen LogP) is 2.52. The van der Waals surface area contributed by atoms with E-state index >= 15 is 0 Å². The molecule has 1 saturated heterocycles. The molecule has 0 atom stereocenters. The molecule has 1 aliphatic heterocycles. The fourth-order valence-electron chi connectivity index (χ4n) is 3.68. The van der Waals surface area contributed by atoms with E-state index in [0.717, 1.165) is 17.7 Å². The van der Waals surface area contributed by atoms with Gasteiger partial charge in [-0.15, -0.1) is 0 Å². The van der Waals surface area contributed by atoms with Gasteiger partial charge in [0.05, 0.1) is 4.90 Å². The summed E-state index contributed by atoms with van der Waals surface area (Å²) in [6.45, 7) is 3.42. The molecule has 2 aromatic carbocycles. The minimum atomic E-state index is -3.44. The lowest BCUT2D eigenvalue weighted by molar-refractivity contribution is 0.0951. The van der Waals surface area contributed by atoms with E-state index in [9.17, 15) is 13.2 Å². The van der Waals surface area contributed by atoms with Crippen molar-refractivity contribution in [3.8, 4) is 0 Å². The second-order valence-corrected chi connectivity index (χ2v) is 9.67. The van der Waals surface area contributed by atoms with E-state index < -0.39 is 10.0 Å². The van der Waals surface area contributed by atoms with Crippen molar-refractivity contribution in [2.24, 2.45) is 0 Å². The van der Waals surface area contributed by atoms with Crippen LogP contribution in [0.5, 0.6) is 0 Å². The summed E-state index contributed by atoms with van der Waals surface area (Å²) < 4.78 is 27.1. The van der Waals surface area contributed by atoms with E-state index in [1.165, 1.54) is 0 Å². The average molecular weight is 451 g/mol. The average Bonchev–Trinajstić information content (AvgIpc) is 2.84. The number of pyridine rings is 1. The third kappa shape index (κ3) is 5.40. The minimum Gasteiger partial charge on any atom is -0.348 e. The molecule has 3 aromatic rings. The molecule has 2 heterocycles. The Morgan fingerprint density at radius 2 is 1.59 bits per heavy atom. The van der Waals surface area contributed by atoms with Crippen LogP contribution < -0.4 is 5.32 Å². The molecule has 1 aromatic heterocycles. The Labute approximate surface area is 188 Å². The van der Waals surface area contributed by atoms with Gasteiger partial charge in [-0.05, 0) is 41.5 Å². The number of nitrogens with zero attached hydrogens (tertiary/aromatic N) is 3. The summed E-state index contributed by atoms with van der Waals surface area (Å²) in [4.78, 5) is 19.0. The molecule has 0 radical (unpaired) electrons. The van der Waals surface area contributed by atoms with Gasteiger partial charge in [-0.25, -0.2) is 8.42 Å². The van der Waals surface area contributed by atoms with Crippen LogP contribution in [0.3, 0.4) is 0 Å². The lowest BCUT2D eigenvalue weighted by atomic mass is 10.1. The number of benzene rings is 2. The fourth-order valence-corrected chi connectivity index (χ4v) is 5.12. The van der Waals surface area contributed by atoms with Crippen LogP contribution in [0.2, 0.25) is 0 Å². The monoisotopic (exact) mass is 450 g/mol. The van der Waals surface area contributed by atoms with Crippen molar-refractivity contribution in [2.45, 2.75) is 18.0 Å². The Morgan fingerprint density at radius 3 is 2.25 bits per heavy atom. The zero-order valence-corrected chi connectivity index (χ0v) is 18.5. The molecular weight excluding hydrogens is 424 g/mol. The van der Waals surface area contributed by atoms with Crippen molar-refractivity contribution in [3.63, 3.8) is 0 Å². The molecule has 1 N–H and O–H groups in total. The highest BCUT2D eigenvalue weighted by atomic mass is 32.2. The Balaban J connectivity index is 1.28. The first-order valence-corrected chi connectivity index (χ1v) is 12.0. The van der Waals surface area contributed by atoms with Gasteiger partial charge in [0.2, 0.25) is 10.0 Å². The van der Waals surface area contributed by atoms with Gasteiger partial charge in [0, 0.05) is 57.2 Å². The normalized spacial score (nSPS) is 15.4. The van der Waals surface area contributed by atoms with Crippen LogP contribution in [0.15, 0.2) is 84.0 Å². The summed E-state index contributed by atoms with van der Waals surface area (Å²) >= 11 is 0.